The second kappa shape index (κ2) is 5.52. The number of aliphatic hydroxyl groups excluding tert-OH is 1. The molecule has 0 radical (unpaired) electrons. The van der Waals surface area contributed by atoms with Gasteiger partial charge in [0.2, 0.25) is 0 Å². The summed E-state index contributed by atoms with van der Waals surface area (Å²) in [6, 6.07) is 1.78. The second-order valence-corrected chi connectivity index (χ2v) is 3.40. The molecule has 0 saturated heterocycles. The van der Waals surface area contributed by atoms with Crippen LogP contribution in [-0.2, 0) is 0 Å². The molecular weight excluding hydrogens is 243 g/mol. The molecule has 1 rings (SSSR count). The molecule has 0 spiro atoms. The molecule has 0 unspecified atom stereocenters. The first-order chi connectivity index (χ1) is 6.88. The maximum Gasteiger partial charge on any atom is 0.289 e. The van der Waals surface area contributed by atoms with E-state index < -0.39 is 24.4 Å². The molecule has 2 nitrogen and oxygen atoms in total. The summed E-state index contributed by atoms with van der Waals surface area (Å²) in [6.45, 7) is 0.163. The van der Waals surface area contributed by atoms with E-state index in [2.05, 4.69) is 0 Å². The molecule has 0 aromatic heterocycles. The van der Waals surface area contributed by atoms with Crippen LogP contribution in [0.2, 0.25) is 0 Å². The van der Waals surface area contributed by atoms with E-state index in [1.165, 1.54) is 13.0 Å². The monoisotopic (exact) mass is 255 g/mol. The quantitative estimate of drug-likeness (QED) is 0.870. The molecule has 0 saturated carbocycles. The zero-order valence-electron chi connectivity index (χ0n) is 8.58. The van der Waals surface area contributed by atoms with Gasteiger partial charge in [0, 0.05) is 0 Å². The van der Waals surface area contributed by atoms with Crippen molar-refractivity contribution in [3.63, 3.8) is 0 Å². The molecule has 0 aliphatic rings. The Morgan fingerprint density at radius 3 is 2.44 bits per heavy atom. The molecule has 3 N–H and O–H groups in total. The van der Waals surface area contributed by atoms with Crippen LogP contribution in [0.3, 0.4) is 0 Å². The molecule has 0 bridgehead atoms. The van der Waals surface area contributed by atoms with E-state index in [0.29, 0.717) is 5.56 Å². The van der Waals surface area contributed by atoms with E-state index in [1.807, 2.05) is 0 Å². The van der Waals surface area contributed by atoms with Gasteiger partial charge in [-0.15, -0.1) is 12.4 Å². The number of nitrogens with two attached hydrogens (primary N) is 1. The summed E-state index contributed by atoms with van der Waals surface area (Å²) in [7, 11) is 0. The second-order valence-electron chi connectivity index (χ2n) is 3.40. The molecule has 1 atom stereocenters. The van der Waals surface area contributed by atoms with Crippen molar-refractivity contribution in [3.05, 3.63) is 35.1 Å². The number of benzene rings is 1. The minimum atomic E-state index is -3.40. The van der Waals surface area contributed by atoms with Crippen molar-refractivity contribution in [2.75, 3.05) is 6.61 Å². The third kappa shape index (κ3) is 3.10. The van der Waals surface area contributed by atoms with E-state index in [9.17, 15) is 13.2 Å². The standard InChI is InChI=1S/C10H12F3NO.ClH/c1-6-4-7(11)2-3-8(6)9(14)10(12,13)5-15;/h2-4,9,15H,5,14H2,1H3;1H/t9-;/m1./s1. The van der Waals surface area contributed by atoms with Crippen molar-refractivity contribution < 1.29 is 18.3 Å². The first-order valence-corrected chi connectivity index (χ1v) is 4.39. The minimum absolute atomic E-state index is 0. The van der Waals surface area contributed by atoms with Crippen LogP contribution >= 0.6 is 12.4 Å². The fourth-order valence-corrected chi connectivity index (χ4v) is 1.31. The Bertz CT molecular complexity index is 360. The molecule has 1 aromatic carbocycles. The predicted octanol–water partition coefficient (Wildman–Crippen LogP) is 2.18. The van der Waals surface area contributed by atoms with Gasteiger partial charge in [-0.1, -0.05) is 6.07 Å². The van der Waals surface area contributed by atoms with Crippen LogP contribution in [-0.4, -0.2) is 17.6 Å². The van der Waals surface area contributed by atoms with Crippen molar-refractivity contribution in [1.82, 2.24) is 0 Å². The fourth-order valence-electron chi connectivity index (χ4n) is 1.31. The highest BCUT2D eigenvalue weighted by Crippen LogP contribution is 2.30. The number of hydrogen-bond acceptors (Lipinski definition) is 2. The number of halogens is 4. The number of alkyl halides is 2. The van der Waals surface area contributed by atoms with Gasteiger partial charge in [-0.25, -0.2) is 13.2 Å². The van der Waals surface area contributed by atoms with Gasteiger partial charge in [-0.3, -0.25) is 0 Å². The van der Waals surface area contributed by atoms with E-state index in [4.69, 9.17) is 10.8 Å². The number of aryl methyl sites for hydroxylation is 1. The van der Waals surface area contributed by atoms with Crippen LogP contribution < -0.4 is 5.73 Å². The van der Waals surface area contributed by atoms with Crippen molar-refractivity contribution in [2.45, 2.75) is 18.9 Å². The van der Waals surface area contributed by atoms with Crippen LogP contribution in [0.5, 0.6) is 0 Å². The van der Waals surface area contributed by atoms with Crippen LogP contribution in [0.15, 0.2) is 18.2 Å². The first-order valence-electron chi connectivity index (χ1n) is 4.39. The van der Waals surface area contributed by atoms with E-state index in [1.54, 1.807) is 0 Å². The molecule has 0 amide bonds. The highest BCUT2D eigenvalue weighted by molar-refractivity contribution is 5.85. The maximum atomic E-state index is 13.0. The normalized spacial score (nSPS) is 13.1. The molecule has 0 aliphatic carbocycles. The van der Waals surface area contributed by atoms with Gasteiger partial charge >= 0.3 is 0 Å². The fraction of sp³-hybridized carbons (Fsp3) is 0.400. The summed E-state index contributed by atoms with van der Waals surface area (Å²) < 4.78 is 38.8. The third-order valence-corrected chi connectivity index (χ3v) is 2.23. The SMILES string of the molecule is Cc1cc(F)ccc1[C@@H](N)C(F)(F)CO.Cl. The van der Waals surface area contributed by atoms with Gasteiger partial charge in [0.05, 0.1) is 6.04 Å². The van der Waals surface area contributed by atoms with Crippen LogP contribution in [0, 0.1) is 12.7 Å². The lowest BCUT2D eigenvalue weighted by atomic mass is 9.97. The highest BCUT2D eigenvalue weighted by Gasteiger charge is 2.37. The Labute approximate surface area is 97.7 Å². The molecule has 92 valence electrons. The lowest BCUT2D eigenvalue weighted by Crippen LogP contribution is -2.36. The molecular formula is C10H13ClF3NO. The lowest BCUT2D eigenvalue weighted by Gasteiger charge is -2.23. The Kier molecular flexibility index (Phi) is 5.25. The van der Waals surface area contributed by atoms with Crippen LogP contribution in [0.25, 0.3) is 0 Å². The summed E-state index contributed by atoms with van der Waals surface area (Å²) in [5.41, 5.74) is 5.78. The number of rotatable bonds is 3. The molecule has 0 fully saturated rings. The summed E-state index contributed by atoms with van der Waals surface area (Å²) >= 11 is 0. The molecule has 0 aliphatic heterocycles. The van der Waals surface area contributed by atoms with Gasteiger partial charge in [0.1, 0.15) is 12.4 Å². The summed E-state index contributed by atoms with van der Waals surface area (Å²) in [5.74, 6) is -3.90. The molecule has 1 aromatic rings. The minimum Gasteiger partial charge on any atom is -0.390 e. The lowest BCUT2D eigenvalue weighted by molar-refractivity contribution is -0.0713. The van der Waals surface area contributed by atoms with Crippen molar-refractivity contribution in [2.24, 2.45) is 5.73 Å². The first kappa shape index (κ1) is 15.2. The van der Waals surface area contributed by atoms with Gasteiger partial charge < -0.3 is 10.8 Å². The topological polar surface area (TPSA) is 46.2 Å². The smallest absolute Gasteiger partial charge is 0.289 e. The Morgan fingerprint density at radius 2 is 2.00 bits per heavy atom. The largest absolute Gasteiger partial charge is 0.390 e. The maximum absolute atomic E-state index is 13.0. The van der Waals surface area contributed by atoms with Crippen molar-refractivity contribution in [3.8, 4) is 0 Å². The van der Waals surface area contributed by atoms with E-state index in [-0.39, 0.29) is 18.0 Å². The molecule has 6 heteroatoms. The third-order valence-electron chi connectivity index (χ3n) is 2.23. The van der Waals surface area contributed by atoms with E-state index >= 15 is 0 Å². The molecule has 16 heavy (non-hydrogen) atoms. The van der Waals surface area contributed by atoms with Gasteiger partial charge in [-0.05, 0) is 30.2 Å². The van der Waals surface area contributed by atoms with Crippen LogP contribution in [0.1, 0.15) is 17.2 Å². The zero-order chi connectivity index (χ0) is 11.6. The highest BCUT2D eigenvalue weighted by atomic mass is 35.5. The number of aliphatic hydroxyl groups is 1. The van der Waals surface area contributed by atoms with Crippen molar-refractivity contribution >= 4 is 12.4 Å². The van der Waals surface area contributed by atoms with Gasteiger partial charge in [0.25, 0.3) is 5.92 Å². The molecule has 0 heterocycles. The van der Waals surface area contributed by atoms with Crippen LogP contribution in [0.4, 0.5) is 13.2 Å². The Hall–Kier alpha value is -0.780. The zero-order valence-corrected chi connectivity index (χ0v) is 9.40. The average Bonchev–Trinajstić information content (AvgIpc) is 2.17. The summed E-state index contributed by atoms with van der Waals surface area (Å²) in [4.78, 5) is 0. The average molecular weight is 256 g/mol. The summed E-state index contributed by atoms with van der Waals surface area (Å²) in [6.07, 6.45) is 0. The van der Waals surface area contributed by atoms with Gasteiger partial charge in [0.15, 0.2) is 0 Å². The van der Waals surface area contributed by atoms with Gasteiger partial charge in [-0.2, -0.15) is 0 Å². The Balaban J connectivity index is 0.00000225. The number of hydrogen-bond donors (Lipinski definition) is 2. The van der Waals surface area contributed by atoms with E-state index in [0.717, 1.165) is 12.1 Å². The Morgan fingerprint density at radius 1 is 1.44 bits per heavy atom. The van der Waals surface area contributed by atoms with Crippen molar-refractivity contribution in [1.29, 1.82) is 0 Å². The predicted molar refractivity (Wildman–Crippen MR) is 57.3 cm³/mol. The summed E-state index contributed by atoms with van der Waals surface area (Å²) in [5, 5.41) is 8.47.